The first-order valence-electron chi connectivity index (χ1n) is 9.13. The Morgan fingerprint density at radius 2 is 2.28 bits per heavy atom. The van der Waals surface area contributed by atoms with Crippen LogP contribution < -0.4 is 11.1 Å². The van der Waals surface area contributed by atoms with Gasteiger partial charge in [-0.25, -0.2) is 0 Å². The maximum atomic E-state index is 6.09. The van der Waals surface area contributed by atoms with Gasteiger partial charge in [-0.05, 0) is 60.9 Å². The molecule has 1 unspecified atom stereocenters. The molecule has 1 fully saturated rings. The van der Waals surface area contributed by atoms with Crippen LogP contribution >= 0.6 is 11.3 Å². The second-order valence-corrected chi connectivity index (χ2v) is 7.76. The number of thiophene rings is 1. The van der Waals surface area contributed by atoms with Gasteiger partial charge in [0.1, 0.15) is 0 Å². The van der Waals surface area contributed by atoms with Gasteiger partial charge < -0.3 is 11.1 Å². The molecule has 1 aromatic carbocycles. The van der Waals surface area contributed by atoms with Crippen LogP contribution in [0.25, 0.3) is 0 Å². The molecule has 0 amide bonds. The molecule has 1 aliphatic heterocycles. The number of hydrogen-bond acceptors (Lipinski definition) is 3. The second kappa shape index (κ2) is 9.02. The minimum absolute atomic E-state index is 0.517. The van der Waals surface area contributed by atoms with Crippen molar-refractivity contribution in [3.05, 3.63) is 52.2 Å². The summed E-state index contributed by atoms with van der Waals surface area (Å²) < 4.78 is 0. The van der Waals surface area contributed by atoms with Crippen molar-refractivity contribution in [1.82, 2.24) is 4.90 Å². The van der Waals surface area contributed by atoms with Crippen molar-refractivity contribution in [1.29, 1.82) is 0 Å². The Labute approximate surface area is 154 Å². The van der Waals surface area contributed by atoms with Crippen LogP contribution in [0, 0.1) is 5.92 Å². The number of nitrogens with two attached hydrogens (primary N) is 1. The molecule has 5 heteroatoms. The highest BCUT2D eigenvalue weighted by Gasteiger charge is 2.20. The van der Waals surface area contributed by atoms with Crippen LogP contribution in [0.2, 0.25) is 0 Å². The van der Waals surface area contributed by atoms with Gasteiger partial charge in [-0.1, -0.05) is 25.1 Å². The van der Waals surface area contributed by atoms with E-state index in [9.17, 15) is 0 Å². The van der Waals surface area contributed by atoms with Crippen LogP contribution in [0.4, 0.5) is 5.69 Å². The smallest absolute Gasteiger partial charge is 0.193 e. The third kappa shape index (κ3) is 5.58. The Bertz CT molecular complexity index is 681. The van der Waals surface area contributed by atoms with Crippen molar-refractivity contribution in [3.8, 4) is 0 Å². The summed E-state index contributed by atoms with van der Waals surface area (Å²) in [5, 5.41) is 5.37. The van der Waals surface area contributed by atoms with E-state index in [0.717, 1.165) is 31.7 Å². The average Bonchev–Trinajstić information content (AvgIpc) is 3.13. The topological polar surface area (TPSA) is 53.6 Å². The third-order valence-corrected chi connectivity index (χ3v) is 5.55. The third-order valence-electron chi connectivity index (χ3n) is 4.69. The Morgan fingerprint density at radius 1 is 1.36 bits per heavy atom. The van der Waals surface area contributed by atoms with Gasteiger partial charge in [0.05, 0.1) is 0 Å². The minimum atomic E-state index is 0.517. The first-order valence-corrected chi connectivity index (χ1v) is 10.0. The number of likely N-dealkylation sites (tertiary alicyclic amines) is 1. The summed E-state index contributed by atoms with van der Waals surface area (Å²) >= 11 is 1.84. The molecule has 1 saturated heterocycles. The van der Waals surface area contributed by atoms with Crippen molar-refractivity contribution in [2.45, 2.75) is 32.7 Å². The Balaban J connectivity index is 1.49. The highest BCUT2D eigenvalue weighted by atomic mass is 32.1. The Hall–Kier alpha value is -1.85. The molecule has 134 valence electrons. The molecule has 0 radical (unpaired) electrons. The number of aliphatic imine (C=N–C) groups is 1. The largest absolute Gasteiger partial charge is 0.370 e. The molecular formula is C20H28N4S. The molecule has 4 nitrogen and oxygen atoms in total. The van der Waals surface area contributed by atoms with Crippen LogP contribution in [0.3, 0.4) is 0 Å². The molecule has 0 saturated carbocycles. The zero-order valence-corrected chi connectivity index (χ0v) is 15.8. The van der Waals surface area contributed by atoms with Crippen LogP contribution in [0.1, 0.15) is 30.2 Å². The molecule has 3 N–H and O–H groups in total. The fraction of sp³-hybridized carbons (Fsp3) is 0.450. The highest BCUT2D eigenvalue weighted by Crippen LogP contribution is 2.20. The van der Waals surface area contributed by atoms with Crippen molar-refractivity contribution in [2.24, 2.45) is 16.6 Å². The van der Waals surface area contributed by atoms with Crippen molar-refractivity contribution >= 4 is 23.0 Å². The molecule has 25 heavy (non-hydrogen) atoms. The van der Waals surface area contributed by atoms with Crippen LogP contribution in [0.15, 0.2) is 46.8 Å². The molecule has 1 aliphatic rings. The lowest BCUT2D eigenvalue weighted by Crippen LogP contribution is -2.36. The van der Waals surface area contributed by atoms with Crippen LogP contribution in [-0.4, -0.2) is 30.5 Å². The quantitative estimate of drug-likeness (QED) is 0.609. The lowest BCUT2D eigenvalue weighted by Gasteiger charge is -2.31. The van der Waals surface area contributed by atoms with Crippen LogP contribution in [0.5, 0.6) is 0 Å². The van der Waals surface area contributed by atoms with Crippen molar-refractivity contribution < 1.29 is 0 Å². The lowest BCUT2D eigenvalue weighted by atomic mass is 9.98. The summed E-state index contributed by atoms with van der Waals surface area (Å²) in [5.41, 5.74) is 8.40. The van der Waals surface area contributed by atoms with Gasteiger partial charge in [0, 0.05) is 30.2 Å². The van der Waals surface area contributed by atoms with E-state index in [0.29, 0.717) is 11.9 Å². The molecule has 1 aromatic heterocycles. The van der Waals surface area contributed by atoms with Gasteiger partial charge >= 0.3 is 0 Å². The summed E-state index contributed by atoms with van der Waals surface area (Å²) in [6.45, 7) is 6.32. The lowest BCUT2D eigenvalue weighted by molar-refractivity contribution is 0.172. The summed E-state index contributed by atoms with van der Waals surface area (Å²) in [5.74, 6) is 1.11. The monoisotopic (exact) mass is 356 g/mol. The zero-order chi connectivity index (χ0) is 17.5. The minimum Gasteiger partial charge on any atom is -0.370 e. The fourth-order valence-corrected chi connectivity index (χ4v) is 4.10. The van der Waals surface area contributed by atoms with Gasteiger partial charge in [0.25, 0.3) is 0 Å². The van der Waals surface area contributed by atoms with E-state index >= 15 is 0 Å². The first kappa shape index (κ1) is 18.0. The number of anilines is 1. The van der Waals surface area contributed by atoms with Crippen LogP contribution in [-0.2, 0) is 13.0 Å². The van der Waals surface area contributed by atoms with Gasteiger partial charge in [-0.3, -0.25) is 9.89 Å². The normalized spacial score (nSPS) is 19.1. The van der Waals surface area contributed by atoms with E-state index in [1.54, 1.807) is 0 Å². The van der Waals surface area contributed by atoms with Crippen molar-refractivity contribution in [2.75, 3.05) is 25.0 Å². The summed E-state index contributed by atoms with van der Waals surface area (Å²) in [7, 11) is 0. The molecule has 0 bridgehead atoms. The molecule has 2 heterocycles. The Kier molecular flexibility index (Phi) is 6.48. The number of piperidine rings is 1. The van der Waals surface area contributed by atoms with E-state index in [-0.39, 0.29) is 0 Å². The van der Waals surface area contributed by atoms with Gasteiger partial charge in [0.2, 0.25) is 0 Å². The molecule has 0 spiro atoms. The molecule has 0 aliphatic carbocycles. The second-order valence-electron chi connectivity index (χ2n) is 6.73. The SMILES string of the molecule is CCc1cccc(NC(N)=NCC2CCCN(Cc3cccs3)C2)c1. The molecule has 3 rings (SSSR count). The predicted octanol–water partition coefficient (Wildman–Crippen LogP) is 3.95. The van der Waals surface area contributed by atoms with E-state index in [2.05, 4.69) is 57.8 Å². The van der Waals surface area contributed by atoms with E-state index in [1.165, 1.54) is 29.8 Å². The molecular weight excluding hydrogens is 328 g/mol. The molecule has 2 aromatic rings. The van der Waals surface area contributed by atoms with E-state index in [4.69, 9.17) is 5.73 Å². The van der Waals surface area contributed by atoms with E-state index < -0.39 is 0 Å². The summed E-state index contributed by atoms with van der Waals surface area (Å²) in [6.07, 6.45) is 3.51. The highest BCUT2D eigenvalue weighted by molar-refractivity contribution is 7.09. The Morgan fingerprint density at radius 3 is 3.08 bits per heavy atom. The van der Waals surface area contributed by atoms with Gasteiger partial charge in [-0.15, -0.1) is 11.3 Å². The summed E-state index contributed by atoms with van der Waals surface area (Å²) in [6, 6.07) is 12.7. The number of aryl methyl sites for hydroxylation is 1. The maximum Gasteiger partial charge on any atom is 0.193 e. The number of rotatable bonds is 6. The summed E-state index contributed by atoms with van der Waals surface area (Å²) in [4.78, 5) is 8.58. The fourth-order valence-electron chi connectivity index (χ4n) is 3.35. The molecule has 1 atom stereocenters. The number of guanidine groups is 1. The van der Waals surface area contributed by atoms with Crippen molar-refractivity contribution in [3.63, 3.8) is 0 Å². The van der Waals surface area contributed by atoms with Gasteiger partial charge in [-0.2, -0.15) is 0 Å². The zero-order valence-electron chi connectivity index (χ0n) is 14.9. The first-order chi connectivity index (χ1) is 12.2. The standard InChI is InChI=1S/C20H28N4S/c1-2-16-6-3-8-18(12-16)23-20(21)22-13-17-7-4-10-24(14-17)15-19-9-5-11-25-19/h3,5-6,8-9,11-12,17H,2,4,7,10,13-15H2,1H3,(H3,21,22,23). The number of hydrogen-bond donors (Lipinski definition) is 2. The maximum absolute atomic E-state index is 6.09. The van der Waals surface area contributed by atoms with Gasteiger partial charge in [0.15, 0.2) is 5.96 Å². The number of benzene rings is 1. The average molecular weight is 357 g/mol. The predicted molar refractivity (Wildman–Crippen MR) is 108 cm³/mol. The number of nitrogens with zero attached hydrogens (tertiary/aromatic N) is 2. The van der Waals surface area contributed by atoms with E-state index in [1.807, 2.05) is 17.4 Å². The number of nitrogens with one attached hydrogen (secondary N) is 1.